The van der Waals surface area contributed by atoms with Gasteiger partial charge >= 0.3 is 0 Å². The van der Waals surface area contributed by atoms with Gasteiger partial charge in [-0.15, -0.1) is 0 Å². The van der Waals surface area contributed by atoms with Crippen molar-refractivity contribution in [1.82, 2.24) is 5.32 Å². The molecule has 0 saturated heterocycles. The quantitative estimate of drug-likeness (QED) is 0.896. The van der Waals surface area contributed by atoms with Crippen LogP contribution in [0.4, 0.5) is 0 Å². The van der Waals surface area contributed by atoms with Crippen molar-refractivity contribution < 1.29 is 9.53 Å². The van der Waals surface area contributed by atoms with Crippen LogP contribution in [0, 0.1) is 11.3 Å². The summed E-state index contributed by atoms with van der Waals surface area (Å²) in [6.45, 7) is 1.69. The first-order valence-electron chi connectivity index (χ1n) is 8.33. The maximum Gasteiger partial charge on any atom is 0.261 e. The highest BCUT2D eigenvalue weighted by Gasteiger charge is 2.24. The van der Waals surface area contributed by atoms with E-state index < -0.39 is 6.10 Å². The Bertz CT molecular complexity index is 829. The zero-order chi connectivity index (χ0) is 17.8. The van der Waals surface area contributed by atoms with Crippen molar-refractivity contribution in [2.45, 2.75) is 38.3 Å². The Morgan fingerprint density at radius 2 is 2.16 bits per heavy atom. The van der Waals surface area contributed by atoms with Gasteiger partial charge in [0, 0.05) is 0 Å². The number of fused-ring (bicyclic) bond motifs is 1. The van der Waals surface area contributed by atoms with E-state index in [-0.39, 0.29) is 11.9 Å². The second kappa shape index (κ2) is 7.58. The Labute approximate surface area is 152 Å². The molecule has 1 N–H and O–H groups in total. The van der Waals surface area contributed by atoms with Crippen molar-refractivity contribution in [2.75, 3.05) is 0 Å². The predicted molar refractivity (Wildman–Crippen MR) is 96.5 cm³/mol. The molecule has 1 aliphatic carbocycles. The SMILES string of the molecule is C[C@@H](Oc1ccc(C#N)cc1Cl)C(=O)N[C@H]1CCCc2ccccc21. The molecular formula is C20H19ClN2O2. The molecule has 0 heterocycles. The lowest BCUT2D eigenvalue weighted by atomic mass is 9.87. The minimum atomic E-state index is -0.681. The standard InChI is InChI=1S/C20H19ClN2O2/c1-13(25-19-10-9-14(12-22)11-17(19)21)20(24)23-18-8-4-6-15-5-2-3-7-16(15)18/h2-3,5,7,9-11,13,18H,4,6,8H2,1H3,(H,23,24)/t13-,18+/m1/s1. The van der Waals surface area contributed by atoms with Gasteiger partial charge < -0.3 is 10.1 Å². The van der Waals surface area contributed by atoms with Crippen LogP contribution in [-0.4, -0.2) is 12.0 Å². The molecule has 1 amide bonds. The highest BCUT2D eigenvalue weighted by molar-refractivity contribution is 6.32. The van der Waals surface area contributed by atoms with E-state index in [9.17, 15) is 4.79 Å². The molecule has 0 saturated carbocycles. The molecule has 2 aromatic carbocycles. The number of nitriles is 1. The largest absolute Gasteiger partial charge is 0.479 e. The molecule has 3 rings (SSSR count). The normalized spacial score (nSPS) is 17.1. The third kappa shape index (κ3) is 3.94. The Morgan fingerprint density at radius 3 is 2.92 bits per heavy atom. The van der Waals surface area contributed by atoms with Crippen LogP contribution < -0.4 is 10.1 Å². The zero-order valence-corrected chi connectivity index (χ0v) is 14.7. The number of nitrogens with one attached hydrogen (secondary N) is 1. The zero-order valence-electron chi connectivity index (χ0n) is 14.0. The summed E-state index contributed by atoms with van der Waals surface area (Å²) < 4.78 is 5.68. The number of benzene rings is 2. The average molecular weight is 355 g/mol. The molecule has 0 spiro atoms. The number of aryl methyl sites for hydroxylation is 1. The predicted octanol–water partition coefficient (Wildman–Crippen LogP) is 4.17. The molecule has 1 aliphatic rings. The van der Waals surface area contributed by atoms with Gasteiger partial charge in [0.1, 0.15) is 5.75 Å². The second-order valence-corrected chi connectivity index (χ2v) is 6.58. The third-order valence-corrected chi connectivity index (χ3v) is 4.72. The van der Waals surface area contributed by atoms with Crippen molar-refractivity contribution in [3.05, 3.63) is 64.2 Å². The molecule has 2 aromatic rings. The number of hydrogen-bond acceptors (Lipinski definition) is 3. The highest BCUT2D eigenvalue weighted by atomic mass is 35.5. The van der Waals surface area contributed by atoms with Crippen molar-refractivity contribution in [2.24, 2.45) is 0 Å². The molecular weight excluding hydrogens is 336 g/mol. The summed E-state index contributed by atoms with van der Waals surface area (Å²) in [4.78, 5) is 12.5. The number of halogens is 1. The maximum atomic E-state index is 12.5. The van der Waals surface area contributed by atoms with Gasteiger partial charge in [0.25, 0.3) is 5.91 Å². The van der Waals surface area contributed by atoms with Gasteiger partial charge in [0.05, 0.1) is 22.7 Å². The third-order valence-electron chi connectivity index (χ3n) is 4.42. The van der Waals surface area contributed by atoms with Gasteiger partial charge in [0.15, 0.2) is 6.10 Å². The lowest BCUT2D eigenvalue weighted by Crippen LogP contribution is -2.39. The summed E-state index contributed by atoms with van der Waals surface area (Å²) in [6.07, 6.45) is 2.35. The van der Waals surface area contributed by atoms with E-state index >= 15 is 0 Å². The Kier molecular flexibility index (Phi) is 5.25. The van der Waals surface area contributed by atoms with Crippen LogP contribution in [0.15, 0.2) is 42.5 Å². The van der Waals surface area contributed by atoms with Crippen LogP contribution in [0.3, 0.4) is 0 Å². The summed E-state index contributed by atoms with van der Waals surface area (Å²) in [5, 5.41) is 12.3. The minimum Gasteiger partial charge on any atom is -0.479 e. The van der Waals surface area contributed by atoms with Crippen molar-refractivity contribution in [3.63, 3.8) is 0 Å². The van der Waals surface area contributed by atoms with E-state index in [0.717, 1.165) is 19.3 Å². The molecule has 0 bridgehead atoms. The lowest BCUT2D eigenvalue weighted by molar-refractivity contribution is -0.128. The fourth-order valence-electron chi connectivity index (χ4n) is 3.10. The first-order chi connectivity index (χ1) is 12.1. The molecule has 2 atom stereocenters. The fourth-order valence-corrected chi connectivity index (χ4v) is 3.33. The monoisotopic (exact) mass is 354 g/mol. The van der Waals surface area contributed by atoms with E-state index in [1.165, 1.54) is 17.2 Å². The number of amides is 1. The van der Waals surface area contributed by atoms with Crippen molar-refractivity contribution in [3.8, 4) is 11.8 Å². The number of hydrogen-bond donors (Lipinski definition) is 1. The minimum absolute atomic E-state index is 0.0138. The molecule has 0 fully saturated rings. The summed E-state index contributed by atoms with van der Waals surface area (Å²) >= 11 is 6.11. The Balaban J connectivity index is 1.67. The molecule has 25 heavy (non-hydrogen) atoms. The van der Waals surface area contributed by atoms with E-state index in [2.05, 4.69) is 17.4 Å². The van der Waals surface area contributed by atoms with Crippen LogP contribution in [0.1, 0.15) is 42.5 Å². The molecule has 0 radical (unpaired) electrons. The highest BCUT2D eigenvalue weighted by Crippen LogP contribution is 2.30. The Morgan fingerprint density at radius 1 is 1.36 bits per heavy atom. The van der Waals surface area contributed by atoms with Crippen LogP contribution in [-0.2, 0) is 11.2 Å². The summed E-state index contributed by atoms with van der Waals surface area (Å²) in [6, 6.07) is 15.0. The first-order valence-corrected chi connectivity index (χ1v) is 8.71. The number of rotatable bonds is 4. The molecule has 5 heteroatoms. The summed E-state index contributed by atoms with van der Waals surface area (Å²) in [5.41, 5.74) is 2.93. The summed E-state index contributed by atoms with van der Waals surface area (Å²) in [5.74, 6) is 0.217. The van der Waals surface area contributed by atoms with E-state index in [1.807, 2.05) is 18.2 Å². The van der Waals surface area contributed by atoms with Gasteiger partial charge in [-0.3, -0.25) is 4.79 Å². The van der Waals surface area contributed by atoms with Crippen LogP contribution in [0.5, 0.6) is 5.75 Å². The van der Waals surface area contributed by atoms with E-state index in [4.69, 9.17) is 21.6 Å². The number of carbonyl (C=O) groups is 1. The van der Waals surface area contributed by atoms with Gasteiger partial charge in [0.2, 0.25) is 0 Å². The molecule has 0 aliphatic heterocycles. The Hall–Kier alpha value is -2.51. The number of nitrogens with zero attached hydrogens (tertiary/aromatic N) is 1. The van der Waals surface area contributed by atoms with Crippen LogP contribution in [0.25, 0.3) is 0 Å². The van der Waals surface area contributed by atoms with Gasteiger partial charge in [-0.05, 0) is 55.5 Å². The van der Waals surface area contributed by atoms with Gasteiger partial charge in [-0.1, -0.05) is 35.9 Å². The molecule has 0 aromatic heterocycles. The van der Waals surface area contributed by atoms with Crippen molar-refractivity contribution in [1.29, 1.82) is 5.26 Å². The lowest BCUT2D eigenvalue weighted by Gasteiger charge is -2.27. The number of carbonyl (C=O) groups excluding carboxylic acids is 1. The van der Waals surface area contributed by atoms with Gasteiger partial charge in [-0.2, -0.15) is 5.26 Å². The smallest absolute Gasteiger partial charge is 0.261 e. The van der Waals surface area contributed by atoms with Crippen molar-refractivity contribution >= 4 is 17.5 Å². The average Bonchev–Trinajstić information content (AvgIpc) is 2.63. The molecule has 4 nitrogen and oxygen atoms in total. The summed E-state index contributed by atoms with van der Waals surface area (Å²) in [7, 11) is 0. The second-order valence-electron chi connectivity index (χ2n) is 6.17. The first kappa shape index (κ1) is 17.3. The molecule has 0 unspecified atom stereocenters. The molecule has 128 valence electrons. The fraction of sp³-hybridized carbons (Fsp3) is 0.300. The van der Waals surface area contributed by atoms with E-state index in [0.29, 0.717) is 16.3 Å². The van der Waals surface area contributed by atoms with Crippen LogP contribution in [0.2, 0.25) is 5.02 Å². The van der Waals surface area contributed by atoms with Crippen LogP contribution >= 0.6 is 11.6 Å². The van der Waals surface area contributed by atoms with E-state index in [1.54, 1.807) is 19.1 Å². The number of ether oxygens (including phenoxy) is 1. The van der Waals surface area contributed by atoms with Gasteiger partial charge in [-0.25, -0.2) is 0 Å². The maximum absolute atomic E-state index is 12.5. The topological polar surface area (TPSA) is 62.1 Å².